The normalized spacial score (nSPS) is 25.4. The second-order valence-electron chi connectivity index (χ2n) is 6.53. The molecule has 0 aliphatic carbocycles. The lowest BCUT2D eigenvalue weighted by molar-refractivity contribution is -0.0849. The summed E-state index contributed by atoms with van der Waals surface area (Å²) < 4.78 is 62.0. The van der Waals surface area contributed by atoms with Crippen LogP contribution in [0.25, 0.3) is 0 Å². The molecular formula is C19H29F3O3Si. The van der Waals surface area contributed by atoms with E-state index in [2.05, 4.69) is 0 Å². The minimum Gasteiger partial charge on any atom is -0.393 e. The Morgan fingerprint density at radius 3 is 2.04 bits per heavy atom. The lowest BCUT2D eigenvalue weighted by Gasteiger charge is -2.53. The van der Waals surface area contributed by atoms with Crippen molar-refractivity contribution in [2.24, 2.45) is 5.92 Å². The van der Waals surface area contributed by atoms with Gasteiger partial charge in [-0.1, -0.05) is 19.8 Å². The van der Waals surface area contributed by atoms with E-state index in [1.165, 1.54) is 0 Å². The first-order valence-corrected chi connectivity index (χ1v) is 11.5. The van der Waals surface area contributed by atoms with Crippen LogP contribution in [0.2, 0.25) is 6.04 Å². The van der Waals surface area contributed by atoms with Gasteiger partial charge in [-0.2, -0.15) is 0 Å². The molecule has 0 aromatic heterocycles. The van der Waals surface area contributed by atoms with Crippen LogP contribution in [0.4, 0.5) is 13.2 Å². The maximum absolute atomic E-state index is 14.9. The smallest absolute Gasteiger partial charge is 0.376 e. The minimum absolute atomic E-state index is 0.171. The summed E-state index contributed by atoms with van der Waals surface area (Å²) in [4.78, 5) is 0. The van der Waals surface area contributed by atoms with Crippen LogP contribution in [0.3, 0.4) is 0 Å². The van der Waals surface area contributed by atoms with Gasteiger partial charge in [0.2, 0.25) is 0 Å². The van der Waals surface area contributed by atoms with Crippen LogP contribution < -0.4 is 0 Å². The molecule has 3 nitrogen and oxygen atoms in total. The number of halogens is 3. The van der Waals surface area contributed by atoms with Gasteiger partial charge in [0.05, 0.1) is 5.56 Å². The standard InChI is InChI=1S/C19H29F3O3Si/c1-5-14-10-9-11-26(24-7-3,25-8-4)19(14,23-6-2)18-16(21)12-15(20)13-17(18)22/h12-14H,5-11H2,1-4H3. The molecule has 1 fully saturated rings. The highest BCUT2D eigenvalue weighted by atomic mass is 28.4. The average Bonchev–Trinajstić information content (AvgIpc) is 2.57. The summed E-state index contributed by atoms with van der Waals surface area (Å²) in [5.41, 5.74) is -0.235. The molecule has 2 rings (SSSR count). The van der Waals surface area contributed by atoms with Crippen molar-refractivity contribution in [3.8, 4) is 0 Å². The second kappa shape index (κ2) is 8.86. The molecule has 1 aliphatic rings. The molecule has 148 valence electrons. The monoisotopic (exact) mass is 390 g/mol. The maximum Gasteiger partial charge on any atom is 0.376 e. The Kier molecular flexibility index (Phi) is 7.30. The van der Waals surface area contributed by atoms with Gasteiger partial charge < -0.3 is 13.6 Å². The van der Waals surface area contributed by atoms with Gasteiger partial charge in [-0.25, -0.2) is 13.2 Å². The Balaban J connectivity index is 2.83. The lowest BCUT2D eigenvalue weighted by Crippen LogP contribution is -2.68. The van der Waals surface area contributed by atoms with Crippen LogP contribution >= 0.6 is 0 Å². The fourth-order valence-electron chi connectivity index (χ4n) is 4.46. The summed E-state index contributed by atoms with van der Waals surface area (Å²) in [6, 6.07) is 2.02. The van der Waals surface area contributed by atoms with Crippen molar-refractivity contribution in [1.29, 1.82) is 0 Å². The van der Waals surface area contributed by atoms with Crippen molar-refractivity contribution >= 4 is 8.56 Å². The quantitative estimate of drug-likeness (QED) is 0.570. The molecule has 7 heteroatoms. The molecule has 2 unspecified atom stereocenters. The largest absolute Gasteiger partial charge is 0.393 e. The summed E-state index contributed by atoms with van der Waals surface area (Å²) in [5.74, 6) is -2.99. The highest BCUT2D eigenvalue weighted by molar-refractivity contribution is 6.70. The predicted molar refractivity (Wildman–Crippen MR) is 96.4 cm³/mol. The Bertz CT molecular complexity index is 579. The average molecular weight is 391 g/mol. The van der Waals surface area contributed by atoms with Crippen LogP contribution in [-0.4, -0.2) is 28.4 Å². The van der Waals surface area contributed by atoms with Gasteiger partial charge in [0.25, 0.3) is 0 Å². The summed E-state index contributed by atoms with van der Waals surface area (Å²) in [5, 5.41) is -1.34. The third kappa shape index (κ3) is 3.46. The third-order valence-corrected chi connectivity index (χ3v) is 9.65. The van der Waals surface area contributed by atoms with Crippen molar-refractivity contribution < 1.29 is 26.8 Å². The molecular weight excluding hydrogens is 361 g/mol. The van der Waals surface area contributed by atoms with Gasteiger partial charge in [0.1, 0.15) is 22.7 Å². The van der Waals surface area contributed by atoms with Crippen molar-refractivity contribution in [2.45, 2.75) is 58.2 Å². The fourth-order valence-corrected chi connectivity index (χ4v) is 9.19. The minimum atomic E-state index is -3.21. The van der Waals surface area contributed by atoms with Crippen LogP contribution in [0.15, 0.2) is 12.1 Å². The van der Waals surface area contributed by atoms with E-state index < -0.39 is 31.2 Å². The van der Waals surface area contributed by atoms with E-state index in [0.29, 0.717) is 25.7 Å². The molecule has 1 aliphatic heterocycles. The first kappa shape index (κ1) is 21.4. The maximum atomic E-state index is 14.9. The van der Waals surface area contributed by atoms with Gasteiger partial charge in [-0.15, -0.1) is 0 Å². The van der Waals surface area contributed by atoms with E-state index in [0.717, 1.165) is 25.0 Å². The van der Waals surface area contributed by atoms with Crippen LogP contribution in [-0.2, 0) is 18.8 Å². The van der Waals surface area contributed by atoms with E-state index in [9.17, 15) is 13.2 Å². The molecule has 0 amide bonds. The SMILES string of the molecule is CCOC1(c2c(F)cc(F)cc2F)C(CC)CCC[Si]1(OCC)OCC. The Morgan fingerprint density at radius 1 is 1.00 bits per heavy atom. The zero-order chi connectivity index (χ0) is 19.4. The molecule has 1 aromatic rings. The molecule has 2 atom stereocenters. The zero-order valence-corrected chi connectivity index (χ0v) is 17.0. The molecule has 0 radical (unpaired) electrons. The van der Waals surface area contributed by atoms with Gasteiger partial charge in [-0.05, 0) is 39.2 Å². The van der Waals surface area contributed by atoms with Crippen molar-refractivity contribution in [1.82, 2.24) is 0 Å². The number of hydrogen-bond acceptors (Lipinski definition) is 3. The number of ether oxygens (including phenoxy) is 1. The van der Waals surface area contributed by atoms with Gasteiger partial charge in [-0.3, -0.25) is 0 Å². The molecule has 1 aromatic carbocycles. The van der Waals surface area contributed by atoms with E-state index in [-0.39, 0.29) is 18.1 Å². The van der Waals surface area contributed by atoms with Gasteiger partial charge >= 0.3 is 8.56 Å². The predicted octanol–water partition coefficient (Wildman–Crippen LogP) is 5.21. The fraction of sp³-hybridized carbons (Fsp3) is 0.684. The summed E-state index contributed by atoms with van der Waals surface area (Å²) in [6.45, 7) is 8.43. The van der Waals surface area contributed by atoms with E-state index in [1.54, 1.807) is 6.92 Å². The van der Waals surface area contributed by atoms with Gasteiger partial charge in [0, 0.05) is 32.0 Å². The van der Waals surface area contributed by atoms with Crippen molar-refractivity contribution in [3.05, 3.63) is 35.1 Å². The first-order valence-electron chi connectivity index (χ1n) is 9.49. The Morgan fingerprint density at radius 2 is 1.58 bits per heavy atom. The van der Waals surface area contributed by atoms with Crippen LogP contribution in [0.1, 0.15) is 52.5 Å². The number of benzene rings is 1. The summed E-state index contributed by atoms with van der Waals surface area (Å²) >= 11 is 0. The highest BCUT2D eigenvalue weighted by Crippen LogP contribution is 2.53. The number of rotatable bonds is 8. The molecule has 0 saturated carbocycles. The van der Waals surface area contributed by atoms with Crippen LogP contribution in [0, 0.1) is 23.4 Å². The lowest BCUT2D eigenvalue weighted by atomic mass is 9.87. The molecule has 1 heterocycles. The van der Waals surface area contributed by atoms with Crippen molar-refractivity contribution in [2.75, 3.05) is 19.8 Å². The summed E-state index contributed by atoms with van der Waals surface area (Å²) in [7, 11) is -3.21. The third-order valence-electron chi connectivity index (χ3n) is 5.20. The summed E-state index contributed by atoms with van der Waals surface area (Å²) in [6.07, 6.45) is 2.26. The highest BCUT2D eigenvalue weighted by Gasteiger charge is 2.66. The molecule has 0 bridgehead atoms. The Labute approximate surface area is 155 Å². The second-order valence-corrected chi connectivity index (χ2v) is 9.86. The molecule has 0 N–H and O–H groups in total. The van der Waals surface area contributed by atoms with Crippen molar-refractivity contribution in [3.63, 3.8) is 0 Å². The molecule has 26 heavy (non-hydrogen) atoms. The topological polar surface area (TPSA) is 27.7 Å². The number of hydrogen-bond donors (Lipinski definition) is 0. The molecule has 1 saturated heterocycles. The zero-order valence-electron chi connectivity index (χ0n) is 16.0. The van der Waals surface area contributed by atoms with Crippen LogP contribution in [0.5, 0.6) is 0 Å². The molecule has 0 spiro atoms. The Hall–Kier alpha value is -0.893. The van der Waals surface area contributed by atoms with E-state index in [1.807, 2.05) is 20.8 Å². The first-order chi connectivity index (χ1) is 12.4. The van der Waals surface area contributed by atoms with E-state index >= 15 is 0 Å². The van der Waals surface area contributed by atoms with Gasteiger partial charge in [0.15, 0.2) is 0 Å². The van der Waals surface area contributed by atoms with E-state index in [4.69, 9.17) is 13.6 Å².